The minimum Gasteiger partial charge on any atom is -0.299 e. The van der Waals surface area contributed by atoms with Gasteiger partial charge in [-0.15, -0.1) is 0 Å². The lowest BCUT2D eigenvalue weighted by atomic mass is 9.87. The molecule has 0 fully saturated rings. The van der Waals surface area contributed by atoms with Crippen LogP contribution in [0.1, 0.15) is 50.7 Å². The zero-order valence-corrected chi connectivity index (χ0v) is 24.1. The van der Waals surface area contributed by atoms with E-state index in [1.54, 1.807) is 0 Å². The van der Waals surface area contributed by atoms with Crippen LogP contribution in [0.3, 0.4) is 0 Å². The van der Waals surface area contributed by atoms with Gasteiger partial charge in [0.1, 0.15) is 5.82 Å². The largest absolute Gasteiger partial charge is 0.299 e. The number of imidazole rings is 1. The molecule has 7 aromatic rings. The van der Waals surface area contributed by atoms with E-state index in [-0.39, 0.29) is 0 Å². The van der Waals surface area contributed by atoms with Crippen LogP contribution in [0.5, 0.6) is 0 Å². The minimum atomic E-state index is 0.346. The maximum absolute atomic E-state index is 4.80. The zero-order valence-electron chi connectivity index (χ0n) is 24.1. The van der Waals surface area contributed by atoms with E-state index in [1.165, 1.54) is 60.3 Å². The first-order valence-corrected chi connectivity index (χ1v) is 14.6. The second kappa shape index (κ2) is 10.1. The molecule has 2 heteroatoms. The summed E-state index contributed by atoms with van der Waals surface area (Å²) in [5.74, 6) is 1.67. The SMILES string of the molecule is CC(C)c1cc(-c2ccc3c4ccccc4c4ccccc4c3c2)cc(C(C)C)c1-n1ccnc1-c1ccccc1. The molecular formula is C39H34N2. The highest BCUT2D eigenvalue weighted by molar-refractivity contribution is 6.25. The molecule has 1 aromatic heterocycles. The van der Waals surface area contributed by atoms with Crippen LogP contribution in [0.2, 0.25) is 0 Å². The highest BCUT2D eigenvalue weighted by Crippen LogP contribution is 2.40. The van der Waals surface area contributed by atoms with Gasteiger partial charge < -0.3 is 0 Å². The third-order valence-corrected chi connectivity index (χ3v) is 8.40. The number of benzene rings is 6. The number of hydrogen-bond donors (Lipinski definition) is 0. The number of fused-ring (bicyclic) bond motifs is 6. The lowest BCUT2D eigenvalue weighted by Crippen LogP contribution is -2.08. The zero-order chi connectivity index (χ0) is 28.1. The van der Waals surface area contributed by atoms with Crippen molar-refractivity contribution in [1.29, 1.82) is 0 Å². The second-order valence-corrected chi connectivity index (χ2v) is 11.7. The molecule has 0 unspecified atom stereocenters. The molecular weight excluding hydrogens is 496 g/mol. The van der Waals surface area contributed by atoms with Crippen molar-refractivity contribution in [1.82, 2.24) is 9.55 Å². The van der Waals surface area contributed by atoms with Crippen molar-refractivity contribution in [3.63, 3.8) is 0 Å². The maximum Gasteiger partial charge on any atom is 0.144 e. The Morgan fingerprint density at radius 1 is 0.488 bits per heavy atom. The van der Waals surface area contributed by atoms with E-state index >= 15 is 0 Å². The predicted molar refractivity (Wildman–Crippen MR) is 175 cm³/mol. The van der Waals surface area contributed by atoms with Gasteiger partial charge in [-0.25, -0.2) is 4.98 Å². The molecule has 0 saturated carbocycles. The lowest BCUT2D eigenvalue weighted by Gasteiger charge is -2.24. The first kappa shape index (κ1) is 25.3. The molecule has 0 spiro atoms. The maximum atomic E-state index is 4.80. The van der Waals surface area contributed by atoms with Crippen LogP contribution in [0.25, 0.3) is 60.5 Å². The Morgan fingerprint density at radius 3 is 1.56 bits per heavy atom. The van der Waals surface area contributed by atoms with Gasteiger partial charge in [0.2, 0.25) is 0 Å². The molecule has 200 valence electrons. The molecule has 0 aliphatic heterocycles. The fourth-order valence-corrected chi connectivity index (χ4v) is 6.38. The molecule has 0 bridgehead atoms. The second-order valence-electron chi connectivity index (χ2n) is 11.7. The van der Waals surface area contributed by atoms with Gasteiger partial charge in [0.05, 0.1) is 5.69 Å². The Bertz CT molecular complexity index is 1980. The Balaban J connectivity index is 1.48. The predicted octanol–water partition coefficient (Wildman–Crippen LogP) is 10.9. The van der Waals surface area contributed by atoms with Crippen molar-refractivity contribution in [2.45, 2.75) is 39.5 Å². The minimum absolute atomic E-state index is 0.346. The third-order valence-electron chi connectivity index (χ3n) is 8.40. The molecule has 0 N–H and O–H groups in total. The van der Waals surface area contributed by atoms with Crippen LogP contribution < -0.4 is 0 Å². The monoisotopic (exact) mass is 530 g/mol. The molecule has 7 rings (SSSR count). The van der Waals surface area contributed by atoms with Gasteiger partial charge >= 0.3 is 0 Å². The lowest BCUT2D eigenvalue weighted by molar-refractivity contribution is 0.807. The van der Waals surface area contributed by atoms with Gasteiger partial charge in [-0.1, -0.05) is 119 Å². The van der Waals surface area contributed by atoms with Gasteiger partial charge in [-0.2, -0.15) is 0 Å². The van der Waals surface area contributed by atoms with Crippen molar-refractivity contribution in [2.24, 2.45) is 0 Å². The van der Waals surface area contributed by atoms with Gasteiger partial charge in [0, 0.05) is 18.0 Å². The summed E-state index contributed by atoms with van der Waals surface area (Å²) < 4.78 is 2.30. The molecule has 0 radical (unpaired) electrons. The summed E-state index contributed by atoms with van der Waals surface area (Å²) in [4.78, 5) is 4.80. The molecule has 0 atom stereocenters. The van der Waals surface area contributed by atoms with E-state index in [4.69, 9.17) is 4.98 Å². The third kappa shape index (κ3) is 4.22. The van der Waals surface area contributed by atoms with Crippen LogP contribution in [-0.4, -0.2) is 9.55 Å². The van der Waals surface area contributed by atoms with Crippen molar-refractivity contribution < 1.29 is 0 Å². The normalized spacial score (nSPS) is 11.9. The highest BCUT2D eigenvalue weighted by atomic mass is 15.1. The fourth-order valence-electron chi connectivity index (χ4n) is 6.38. The van der Waals surface area contributed by atoms with Crippen molar-refractivity contribution in [3.8, 4) is 28.2 Å². The van der Waals surface area contributed by atoms with Crippen molar-refractivity contribution in [3.05, 3.63) is 133 Å². The molecule has 41 heavy (non-hydrogen) atoms. The van der Waals surface area contributed by atoms with E-state index in [0.717, 1.165) is 11.4 Å². The van der Waals surface area contributed by atoms with Gasteiger partial charge in [-0.3, -0.25) is 4.57 Å². The Kier molecular flexibility index (Phi) is 6.20. The topological polar surface area (TPSA) is 17.8 Å². The van der Waals surface area contributed by atoms with E-state index in [1.807, 2.05) is 6.20 Å². The summed E-state index contributed by atoms with van der Waals surface area (Å²) in [5.41, 5.74) is 7.57. The molecule has 2 nitrogen and oxygen atoms in total. The fraction of sp³-hybridized carbons (Fsp3) is 0.154. The summed E-state index contributed by atoms with van der Waals surface area (Å²) in [6, 6.07) is 39.9. The standard InChI is InChI=1S/C39H34N2/c1-25(2)35-23-29(24-36(26(3)4)38(35)41-21-20-40-39(41)27-12-6-5-7-13-27)28-18-19-34-32-16-9-8-14-30(32)31-15-10-11-17-33(31)37(34)22-28/h5-26H,1-4H3. The van der Waals surface area contributed by atoms with Crippen molar-refractivity contribution in [2.75, 3.05) is 0 Å². The van der Waals surface area contributed by atoms with Crippen LogP contribution in [0.15, 0.2) is 122 Å². The summed E-state index contributed by atoms with van der Waals surface area (Å²) in [6.45, 7) is 9.19. The molecule has 0 saturated heterocycles. The first-order valence-electron chi connectivity index (χ1n) is 14.6. The van der Waals surface area contributed by atoms with Crippen LogP contribution >= 0.6 is 0 Å². The van der Waals surface area contributed by atoms with Crippen LogP contribution in [0, 0.1) is 0 Å². The Morgan fingerprint density at radius 2 is 1.00 bits per heavy atom. The number of nitrogens with zero attached hydrogens (tertiary/aromatic N) is 2. The summed E-state index contributed by atoms with van der Waals surface area (Å²) in [5, 5.41) is 7.84. The molecule has 0 amide bonds. The van der Waals surface area contributed by atoms with Crippen LogP contribution in [-0.2, 0) is 0 Å². The van der Waals surface area contributed by atoms with E-state index < -0.39 is 0 Å². The van der Waals surface area contributed by atoms with Crippen LogP contribution in [0.4, 0.5) is 0 Å². The molecule has 6 aromatic carbocycles. The number of hydrogen-bond acceptors (Lipinski definition) is 1. The summed E-state index contributed by atoms with van der Waals surface area (Å²) in [7, 11) is 0. The van der Waals surface area contributed by atoms with E-state index in [2.05, 4.69) is 148 Å². The first-order chi connectivity index (χ1) is 20.0. The van der Waals surface area contributed by atoms with Gasteiger partial charge in [0.25, 0.3) is 0 Å². The molecule has 0 aliphatic rings. The molecule has 1 heterocycles. The van der Waals surface area contributed by atoms with E-state index in [0.29, 0.717) is 11.8 Å². The number of aromatic nitrogens is 2. The smallest absolute Gasteiger partial charge is 0.144 e. The Labute approximate surface area is 241 Å². The summed E-state index contributed by atoms with van der Waals surface area (Å²) >= 11 is 0. The number of rotatable bonds is 5. The summed E-state index contributed by atoms with van der Waals surface area (Å²) in [6.07, 6.45) is 4.03. The van der Waals surface area contributed by atoms with Crippen molar-refractivity contribution >= 4 is 32.3 Å². The van der Waals surface area contributed by atoms with Gasteiger partial charge in [0.15, 0.2) is 0 Å². The average Bonchev–Trinajstić information content (AvgIpc) is 3.50. The molecule has 0 aliphatic carbocycles. The average molecular weight is 531 g/mol. The Hall–Kier alpha value is -4.69. The highest BCUT2D eigenvalue weighted by Gasteiger charge is 2.21. The van der Waals surface area contributed by atoms with E-state index in [9.17, 15) is 0 Å². The van der Waals surface area contributed by atoms with Gasteiger partial charge in [-0.05, 0) is 84.6 Å². The quantitative estimate of drug-likeness (QED) is 0.202.